The number of aliphatic imine (C=N–C) groups is 1. The van der Waals surface area contributed by atoms with Gasteiger partial charge >= 0.3 is 5.97 Å². The maximum Gasteiger partial charge on any atom is 0.342 e. The van der Waals surface area contributed by atoms with Gasteiger partial charge < -0.3 is 54.3 Å². The lowest BCUT2D eigenvalue weighted by Crippen LogP contribution is -2.73. The lowest BCUT2D eigenvalue weighted by Gasteiger charge is -2.52. The Morgan fingerprint density at radius 1 is 1.02 bits per heavy atom. The Morgan fingerprint density at radius 3 is 2.37 bits per heavy atom. The number of carbonyl (C=O) groups excluding carboxylic acids is 5. The van der Waals surface area contributed by atoms with Crippen molar-refractivity contribution in [1.29, 1.82) is 0 Å². The number of hydrogen-bond donors (Lipinski definition) is 6. The number of benzene rings is 2. The minimum Gasteiger partial charge on any atom is -0.507 e. The lowest BCUT2D eigenvalue weighted by molar-refractivity contribution is -0.206. The van der Waals surface area contributed by atoms with Crippen molar-refractivity contribution in [2.75, 3.05) is 60.3 Å². The summed E-state index contributed by atoms with van der Waals surface area (Å²) in [7, 11) is 2.27. The summed E-state index contributed by atoms with van der Waals surface area (Å²) in [5.41, 5.74) is -10.3. The van der Waals surface area contributed by atoms with Gasteiger partial charge in [-0.05, 0) is 31.0 Å². The number of ketones is 4. The van der Waals surface area contributed by atoms with Gasteiger partial charge in [0.1, 0.15) is 29.8 Å². The third kappa shape index (κ3) is 5.96. The number of esters is 1. The van der Waals surface area contributed by atoms with Crippen molar-refractivity contribution in [3.05, 3.63) is 56.6 Å². The van der Waals surface area contributed by atoms with Crippen molar-refractivity contribution < 1.29 is 78.3 Å². The van der Waals surface area contributed by atoms with Gasteiger partial charge in [0.25, 0.3) is 0 Å². The van der Waals surface area contributed by atoms with Crippen molar-refractivity contribution in [2.24, 2.45) is 10.9 Å². The van der Waals surface area contributed by atoms with Crippen LogP contribution < -0.4 is 0 Å². The molecule has 3 aliphatic carbocycles. The third-order valence-electron chi connectivity index (χ3n) is 11.9. The Balaban J connectivity index is 1.32. The summed E-state index contributed by atoms with van der Waals surface area (Å²) < 4.78 is 27.5. The van der Waals surface area contributed by atoms with Gasteiger partial charge in [-0.15, -0.1) is 0 Å². The van der Waals surface area contributed by atoms with Crippen molar-refractivity contribution in [2.45, 2.75) is 68.5 Å². The molecule has 0 aromatic heterocycles. The number of carbonyl (C=O) groups is 5. The van der Waals surface area contributed by atoms with E-state index >= 15 is 0 Å². The number of methoxy groups -OCH3 is 2. The molecule has 18 heteroatoms. The molecule has 7 rings (SSSR count). The second-order valence-corrected chi connectivity index (χ2v) is 14.9. The van der Waals surface area contributed by atoms with Crippen LogP contribution in [0, 0.1) is 12.8 Å². The van der Waals surface area contributed by atoms with Crippen LogP contribution in [0.1, 0.15) is 81.8 Å². The molecule has 2 aliphatic heterocycles. The van der Waals surface area contributed by atoms with Gasteiger partial charge in [0.15, 0.2) is 23.2 Å². The standard InChI is InChI=1S/C39H44N2O16/c1-16-11-18-12-24(44)39(54-4)35(50)27-20(34(49)38(39,52)28(18)32(48)25(16)37(51)56-10-7-41-5-8-55-9-6-41)13-19-26(31(27)47)23(43)14-22(29(19)45)40-36-21(15-42)30(46)33(53-3)17(2)57-36/h11,13,17,21,24,30,33,36,42,44,46-48,52H,5-10,12,14-15H2,1-4H3/t17-,21+,24+,30-,33-,36-,38-,39+/m0/s1. The summed E-state index contributed by atoms with van der Waals surface area (Å²) in [6.45, 7) is 4.98. The molecule has 18 nitrogen and oxygen atoms in total. The molecule has 0 spiro atoms. The van der Waals surface area contributed by atoms with Crippen LogP contribution in [-0.2, 0) is 35.7 Å². The van der Waals surface area contributed by atoms with Crippen LogP contribution in [0.4, 0.5) is 0 Å². The third-order valence-corrected chi connectivity index (χ3v) is 11.9. The number of hydrogen-bond acceptors (Lipinski definition) is 18. The van der Waals surface area contributed by atoms with E-state index in [1.165, 1.54) is 20.1 Å². The zero-order valence-corrected chi connectivity index (χ0v) is 31.6. The predicted octanol–water partition coefficient (Wildman–Crippen LogP) is -0.596. The summed E-state index contributed by atoms with van der Waals surface area (Å²) in [5.74, 6) is -8.69. The molecule has 0 radical (unpaired) electrons. The fourth-order valence-corrected chi connectivity index (χ4v) is 9.01. The number of aromatic hydroxyl groups is 2. The molecule has 2 fully saturated rings. The predicted molar refractivity (Wildman–Crippen MR) is 193 cm³/mol. The van der Waals surface area contributed by atoms with Gasteiger partial charge in [-0.25, -0.2) is 4.79 Å². The highest BCUT2D eigenvalue weighted by Gasteiger charge is 2.72. The van der Waals surface area contributed by atoms with Crippen molar-refractivity contribution >= 4 is 34.8 Å². The zero-order chi connectivity index (χ0) is 41.3. The lowest BCUT2D eigenvalue weighted by atomic mass is 9.56. The van der Waals surface area contributed by atoms with Crippen LogP contribution in [0.3, 0.4) is 0 Å². The maximum atomic E-state index is 14.8. The molecule has 57 heavy (non-hydrogen) atoms. The number of aliphatic hydroxyl groups excluding tert-OH is 3. The van der Waals surface area contributed by atoms with Crippen molar-refractivity contribution in [1.82, 2.24) is 4.90 Å². The van der Waals surface area contributed by atoms with Gasteiger partial charge in [0, 0.05) is 57.0 Å². The number of morpholine rings is 1. The summed E-state index contributed by atoms with van der Waals surface area (Å²) in [6.07, 6.45) is -7.33. The normalized spacial score (nSPS) is 32.1. The van der Waals surface area contributed by atoms with E-state index in [-0.39, 0.29) is 17.7 Å². The first-order chi connectivity index (χ1) is 27.1. The number of phenolic OH excluding ortho intramolecular Hbond substituents is 2. The fourth-order valence-electron chi connectivity index (χ4n) is 9.01. The van der Waals surface area contributed by atoms with Crippen LogP contribution in [0.2, 0.25) is 0 Å². The topological polar surface area (TPSA) is 268 Å². The Labute approximate surface area is 325 Å². The van der Waals surface area contributed by atoms with Crippen LogP contribution in [0.5, 0.6) is 11.5 Å². The highest BCUT2D eigenvalue weighted by molar-refractivity contribution is 6.53. The number of Topliss-reactive ketones (excluding diaryl/α,β-unsaturated/α-hetero) is 4. The van der Waals surface area contributed by atoms with Gasteiger partial charge in [0.05, 0.1) is 67.3 Å². The molecule has 5 aliphatic rings. The van der Waals surface area contributed by atoms with Crippen LogP contribution in [0.15, 0.2) is 17.1 Å². The van der Waals surface area contributed by atoms with Crippen molar-refractivity contribution in [3.8, 4) is 11.5 Å². The molecule has 2 saturated heterocycles. The summed E-state index contributed by atoms with van der Waals surface area (Å²) >= 11 is 0. The van der Waals surface area contributed by atoms with Gasteiger partial charge in [-0.2, -0.15) is 0 Å². The van der Waals surface area contributed by atoms with E-state index in [0.717, 1.165) is 13.2 Å². The molecule has 2 aromatic rings. The molecular formula is C39H44N2O16. The highest BCUT2D eigenvalue weighted by atomic mass is 16.6. The minimum atomic E-state index is -3.27. The number of aryl methyl sites for hydroxylation is 1. The Bertz CT molecular complexity index is 2090. The first kappa shape index (κ1) is 40.7. The Morgan fingerprint density at radius 2 is 1.72 bits per heavy atom. The van der Waals surface area contributed by atoms with Gasteiger partial charge in [0.2, 0.25) is 17.3 Å². The molecular weight excluding hydrogens is 752 g/mol. The Kier molecular flexibility index (Phi) is 10.7. The van der Waals surface area contributed by atoms with E-state index in [1.807, 2.05) is 4.90 Å². The molecule has 0 saturated carbocycles. The highest BCUT2D eigenvalue weighted by Crippen LogP contribution is 2.56. The molecule has 6 N–H and O–H groups in total. The van der Waals surface area contributed by atoms with E-state index in [1.54, 1.807) is 6.92 Å². The van der Waals surface area contributed by atoms with E-state index in [0.29, 0.717) is 32.8 Å². The first-order valence-electron chi connectivity index (χ1n) is 18.5. The summed E-state index contributed by atoms with van der Waals surface area (Å²) in [4.78, 5) is 77.0. The SMILES string of the molecule is CO[C@@H]1[C@@H](O)[C@@H](CO)[C@@H](N=C2CC(=O)c3c(cc4c(c3O)C(=O)[C@]3(OC)[C@H](O)Cc5cc(C)c(C(=O)OCCN6CCOCC6)c(O)c5[C@]3(O)C4=O)C2=O)O[C@H]1C. The molecule has 8 atom stereocenters. The summed E-state index contributed by atoms with van der Waals surface area (Å²) in [6, 6.07) is 2.20. The fraction of sp³-hybridized carbons (Fsp3) is 0.538. The Hall–Kier alpha value is -4.50. The number of ether oxygens (including phenoxy) is 5. The number of fused-ring (bicyclic) bond motifs is 5. The van der Waals surface area contributed by atoms with Crippen LogP contribution in [-0.4, -0.2) is 167 Å². The van der Waals surface area contributed by atoms with E-state index < -0.39 is 147 Å². The molecule has 0 bridgehead atoms. The average Bonchev–Trinajstić information content (AvgIpc) is 3.16. The number of nitrogens with zero attached hydrogens (tertiary/aromatic N) is 2. The smallest absolute Gasteiger partial charge is 0.342 e. The zero-order valence-electron chi connectivity index (χ0n) is 31.6. The minimum absolute atomic E-state index is 0.0111. The quantitative estimate of drug-likeness (QED) is 0.182. The number of aliphatic hydroxyl groups is 4. The second kappa shape index (κ2) is 15.0. The van der Waals surface area contributed by atoms with E-state index in [4.69, 9.17) is 23.7 Å². The largest absolute Gasteiger partial charge is 0.507 e. The second-order valence-electron chi connectivity index (χ2n) is 14.9. The van der Waals surface area contributed by atoms with E-state index in [2.05, 4.69) is 4.99 Å². The van der Waals surface area contributed by atoms with Crippen LogP contribution >= 0.6 is 0 Å². The molecule has 0 amide bonds. The van der Waals surface area contributed by atoms with E-state index in [9.17, 15) is 54.6 Å². The monoisotopic (exact) mass is 796 g/mol. The van der Waals surface area contributed by atoms with Gasteiger partial charge in [-0.3, -0.25) is 29.1 Å². The van der Waals surface area contributed by atoms with Gasteiger partial charge in [-0.1, -0.05) is 6.07 Å². The van der Waals surface area contributed by atoms with Crippen molar-refractivity contribution in [3.63, 3.8) is 0 Å². The number of phenols is 2. The molecule has 2 aromatic carbocycles. The first-order valence-corrected chi connectivity index (χ1v) is 18.5. The molecule has 2 heterocycles. The molecule has 0 unspecified atom stereocenters. The maximum absolute atomic E-state index is 14.8. The summed E-state index contributed by atoms with van der Waals surface area (Å²) in [5, 5.41) is 68.6. The average molecular weight is 797 g/mol. The van der Waals surface area contributed by atoms with Crippen LogP contribution in [0.25, 0.3) is 0 Å². The molecule has 306 valence electrons. The number of rotatable bonds is 8.